The van der Waals surface area contributed by atoms with Gasteiger partial charge in [-0.25, -0.2) is 13.8 Å². The van der Waals surface area contributed by atoms with Crippen LogP contribution in [0.5, 0.6) is 0 Å². The SMILES string of the molecule is CC(C)(C)SNCc1cn(CC2CCN(CC(F)F)C2)cn1. The molecule has 4 nitrogen and oxygen atoms in total. The summed E-state index contributed by atoms with van der Waals surface area (Å²) in [7, 11) is 0. The van der Waals surface area contributed by atoms with Crippen molar-refractivity contribution in [3.8, 4) is 0 Å². The first-order valence-corrected chi connectivity index (χ1v) is 8.55. The van der Waals surface area contributed by atoms with Crippen LogP contribution in [0.3, 0.4) is 0 Å². The molecule has 1 aliphatic heterocycles. The Morgan fingerprint density at radius 1 is 1.45 bits per heavy atom. The Bertz CT molecular complexity index is 459. The second kappa shape index (κ2) is 7.75. The zero-order valence-corrected chi connectivity index (χ0v) is 14.4. The van der Waals surface area contributed by atoms with E-state index in [1.54, 1.807) is 11.9 Å². The Kier molecular flexibility index (Phi) is 6.23. The van der Waals surface area contributed by atoms with Crippen LogP contribution in [0.15, 0.2) is 12.5 Å². The van der Waals surface area contributed by atoms with E-state index in [9.17, 15) is 8.78 Å². The smallest absolute Gasteiger partial charge is 0.251 e. The Morgan fingerprint density at radius 2 is 2.23 bits per heavy atom. The quantitative estimate of drug-likeness (QED) is 0.778. The first-order chi connectivity index (χ1) is 10.3. The summed E-state index contributed by atoms with van der Waals surface area (Å²) in [5.41, 5.74) is 1.01. The lowest BCUT2D eigenvalue weighted by atomic mass is 10.1. The van der Waals surface area contributed by atoms with E-state index < -0.39 is 6.43 Å². The second-order valence-corrected chi connectivity index (χ2v) is 8.62. The Balaban J connectivity index is 1.73. The highest BCUT2D eigenvalue weighted by Crippen LogP contribution is 2.21. The summed E-state index contributed by atoms with van der Waals surface area (Å²) in [6, 6.07) is 0. The molecular formula is C15H26F2N4S. The molecule has 0 amide bonds. The summed E-state index contributed by atoms with van der Waals surface area (Å²) < 4.78 is 30.3. The lowest BCUT2D eigenvalue weighted by molar-refractivity contribution is 0.0975. The van der Waals surface area contributed by atoms with E-state index in [-0.39, 0.29) is 11.3 Å². The fourth-order valence-corrected chi connectivity index (χ4v) is 3.30. The molecule has 126 valence electrons. The summed E-state index contributed by atoms with van der Waals surface area (Å²) in [6.45, 7) is 9.52. The molecule has 7 heteroatoms. The molecule has 0 radical (unpaired) electrons. The average molecular weight is 332 g/mol. The number of halogens is 2. The van der Waals surface area contributed by atoms with Gasteiger partial charge in [0.15, 0.2) is 0 Å². The molecule has 1 fully saturated rings. The van der Waals surface area contributed by atoms with Crippen LogP contribution >= 0.6 is 11.9 Å². The Hall–Kier alpha value is -0.660. The van der Waals surface area contributed by atoms with Gasteiger partial charge in [-0.2, -0.15) is 0 Å². The number of nitrogens with one attached hydrogen (secondary N) is 1. The number of hydrogen-bond acceptors (Lipinski definition) is 4. The van der Waals surface area contributed by atoms with Crippen molar-refractivity contribution in [2.75, 3.05) is 19.6 Å². The standard InChI is InChI=1S/C15H26F2N4S/c1-15(2,3)22-19-6-13-9-21(11-18-13)8-12-4-5-20(7-12)10-14(16)17/h9,11-12,14,19H,4-8,10H2,1-3H3. The van der Waals surface area contributed by atoms with E-state index in [0.717, 1.165) is 38.3 Å². The van der Waals surface area contributed by atoms with Gasteiger partial charge in [0.25, 0.3) is 6.43 Å². The highest BCUT2D eigenvalue weighted by atomic mass is 32.2. The Labute approximate surface area is 135 Å². The van der Waals surface area contributed by atoms with Crippen molar-refractivity contribution in [1.29, 1.82) is 0 Å². The molecule has 2 heterocycles. The van der Waals surface area contributed by atoms with Crippen LogP contribution < -0.4 is 4.72 Å². The van der Waals surface area contributed by atoms with Gasteiger partial charge in [0.1, 0.15) is 0 Å². The van der Waals surface area contributed by atoms with Crippen molar-refractivity contribution in [2.45, 2.75) is 51.5 Å². The minimum atomic E-state index is -2.23. The molecule has 1 unspecified atom stereocenters. The molecule has 2 rings (SSSR count). The molecular weight excluding hydrogens is 306 g/mol. The van der Waals surface area contributed by atoms with E-state index in [0.29, 0.717) is 5.92 Å². The molecule has 1 N–H and O–H groups in total. The first kappa shape index (κ1) is 17.7. The van der Waals surface area contributed by atoms with Gasteiger partial charge in [-0.1, -0.05) is 11.9 Å². The molecule has 1 aromatic heterocycles. The average Bonchev–Trinajstić information content (AvgIpc) is 2.98. The zero-order chi connectivity index (χ0) is 16.2. The van der Waals surface area contributed by atoms with Gasteiger partial charge >= 0.3 is 0 Å². The predicted molar refractivity (Wildman–Crippen MR) is 87.0 cm³/mol. The number of rotatable bonds is 7. The highest BCUT2D eigenvalue weighted by Gasteiger charge is 2.24. The van der Waals surface area contributed by atoms with E-state index in [1.807, 2.05) is 17.4 Å². The number of aromatic nitrogens is 2. The van der Waals surface area contributed by atoms with Crippen molar-refractivity contribution in [2.24, 2.45) is 5.92 Å². The third kappa shape index (κ3) is 6.22. The second-order valence-electron chi connectivity index (χ2n) is 6.90. The zero-order valence-electron chi connectivity index (χ0n) is 13.6. The van der Waals surface area contributed by atoms with Crippen LogP contribution in [0.25, 0.3) is 0 Å². The first-order valence-electron chi connectivity index (χ1n) is 7.74. The molecule has 22 heavy (non-hydrogen) atoms. The fraction of sp³-hybridized carbons (Fsp3) is 0.800. The molecule has 1 saturated heterocycles. The summed E-state index contributed by atoms with van der Waals surface area (Å²) in [4.78, 5) is 6.25. The van der Waals surface area contributed by atoms with Gasteiger partial charge < -0.3 is 4.57 Å². The molecule has 0 saturated carbocycles. The third-order valence-corrected chi connectivity index (χ3v) is 4.45. The highest BCUT2D eigenvalue weighted by molar-refractivity contribution is 7.98. The molecule has 1 aromatic rings. The van der Waals surface area contributed by atoms with Crippen molar-refractivity contribution in [3.63, 3.8) is 0 Å². The Morgan fingerprint density at radius 3 is 2.91 bits per heavy atom. The van der Waals surface area contributed by atoms with Crippen LogP contribution in [0, 0.1) is 5.92 Å². The monoisotopic (exact) mass is 332 g/mol. The van der Waals surface area contributed by atoms with Crippen LogP contribution in [0.2, 0.25) is 0 Å². The number of alkyl halides is 2. The molecule has 0 aromatic carbocycles. The lowest BCUT2D eigenvalue weighted by Crippen LogP contribution is -2.27. The van der Waals surface area contributed by atoms with Crippen LogP contribution in [-0.2, 0) is 13.1 Å². The van der Waals surface area contributed by atoms with Crippen molar-refractivity contribution >= 4 is 11.9 Å². The van der Waals surface area contributed by atoms with E-state index >= 15 is 0 Å². The summed E-state index contributed by atoms with van der Waals surface area (Å²) in [6.07, 6.45) is 2.64. The fourth-order valence-electron chi connectivity index (χ4n) is 2.65. The number of likely N-dealkylation sites (tertiary alicyclic amines) is 1. The molecule has 1 aliphatic rings. The minimum Gasteiger partial charge on any atom is -0.337 e. The molecule has 0 bridgehead atoms. The number of hydrogen-bond donors (Lipinski definition) is 1. The van der Waals surface area contributed by atoms with Crippen LogP contribution in [0.1, 0.15) is 32.9 Å². The van der Waals surface area contributed by atoms with E-state index in [4.69, 9.17) is 0 Å². The van der Waals surface area contributed by atoms with Crippen molar-refractivity contribution in [3.05, 3.63) is 18.2 Å². The van der Waals surface area contributed by atoms with Crippen molar-refractivity contribution in [1.82, 2.24) is 19.2 Å². The van der Waals surface area contributed by atoms with Crippen LogP contribution in [-0.4, -0.2) is 45.3 Å². The largest absolute Gasteiger partial charge is 0.337 e. The third-order valence-electron chi connectivity index (χ3n) is 3.55. The van der Waals surface area contributed by atoms with Gasteiger partial charge in [-0.15, -0.1) is 0 Å². The minimum absolute atomic E-state index is 0.0976. The van der Waals surface area contributed by atoms with Gasteiger partial charge in [0.05, 0.1) is 18.6 Å². The number of imidazole rings is 1. The normalized spacial score (nSPS) is 20.2. The maximum absolute atomic E-state index is 12.4. The van der Waals surface area contributed by atoms with Crippen molar-refractivity contribution < 1.29 is 8.78 Å². The summed E-state index contributed by atoms with van der Waals surface area (Å²) >= 11 is 1.70. The van der Waals surface area contributed by atoms with E-state index in [2.05, 4.69) is 35.0 Å². The summed E-state index contributed by atoms with van der Waals surface area (Å²) in [5.74, 6) is 0.442. The summed E-state index contributed by atoms with van der Waals surface area (Å²) in [5, 5.41) is 0. The van der Waals surface area contributed by atoms with Crippen LogP contribution in [0.4, 0.5) is 8.78 Å². The predicted octanol–water partition coefficient (Wildman–Crippen LogP) is 3.01. The molecule has 0 aliphatic carbocycles. The topological polar surface area (TPSA) is 33.1 Å². The molecule has 0 spiro atoms. The van der Waals surface area contributed by atoms with E-state index in [1.165, 1.54) is 0 Å². The van der Waals surface area contributed by atoms with Gasteiger partial charge in [-0.3, -0.25) is 9.62 Å². The van der Waals surface area contributed by atoms with Gasteiger partial charge in [0.2, 0.25) is 0 Å². The maximum Gasteiger partial charge on any atom is 0.251 e. The number of nitrogens with zero attached hydrogens (tertiary/aromatic N) is 3. The maximum atomic E-state index is 12.4. The van der Waals surface area contributed by atoms with Gasteiger partial charge in [-0.05, 0) is 39.7 Å². The van der Waals surface area contributed by atoms with Gasteiger partial charge in [0, 0.05) is 30.6 Å². The lowest BCUT2D eigenvalue weighted by Gasteiger charge is -2.17. The molecule has 1 atom stereocenters.